The third-order valence-electron chi connectivity index (χ3n) is 2.20. The molecule has 0 aliphatic carbocycles. The minimum atomic E-state index is 0.142. The highest BCUT2D eigenvalue weighted by atomic mass is 16.5. The van der Waals surface area contributed by atoms with E-state index in [9.17, 15) is 0 Å². The Bertz CT molecular complexity index is 159. The highest BCUT2D eigenvalue weighted by molar-refractivity contribution is 5.78. The van der Waals surface area contributed by atoms with Gasteiger partial charge in [-0.15, -0.1) is 0 Å². The Balaban J connectivity index is 3.76. The molecule has 0 aliphatic rings. The molecule has 0 saturated heterocycles. The molecule has 13 heavy (non-hydrogen) atoms. The van der Waals surface area contributed by atoms with Crippen LogP contribution in [0.15, 0.2) is 0 Å². The van der Waals surface area contributed by atoms with E-state index >= 15 is 0 Å². The van der Waals surface area contributed by atoms with Crippen LogP contribution in [0.5, 0.6) is 0 Å². The van der Waals surface area contributed by atoms with Gasteiger partial charge in [0.05, 0.1) is 12.2 Å². The highest BCUT2D eigenvalue weighted by Crippen LogP contribution is 2.06. The average molecular weight is 186 g/mol. The highest BCUT2D eigenvalue weighted by Gasteiger charge is 2.14. The lowest BCUT2D eigenvalue weighted by atomic mass is 10.2. The summed E-state index contributed by atoms with van der Waals surface area (Å²) in [6.45, 7) is 7.97. The number of nitrogens with one attached hydrogen (secondary N) is 2. The van der Waals surface area contributed by atoms with Gasteiger partial charge in [-0.1, -0.05) is 0 Å². The molecule has 0 aromatic rings. The van der Waals surface area contributed by atoms with Gasteiger partial charge in [-0.2, -0.15) is 0 Å². The normalized spacial score (nSPS) is 17.9. The zero-order valence-electron chi connectivity index (χ0n) is 9.35. The van der Waals surface area contributed by atoms with Crippen LogP contribution in [-0.4, -0.2) is 31.0 Å². The molecule has 0 aliphatic heterocycles. The molecule has 2 N–H and O–H groups in total. The SMILES string of the molecule is CNC(C)C(C)OC(C)CC(C)=N. The number of rotatable bonds is 6. The van der Waals surface area contributed by atoms with Crippen LogP contribution >= 0.6 is 0 Å². The van der Waals surface area contributed by atoms with Crippen molar-refractivity contribution >= 4 is 5.71 Å². The van der Waals surface area contributed by atoms with E-state index in [1.807, 2.05) is 20.9 Å². The van der Waals surface area contributed by atoms with E-state index in [1.165, 1.54) is 0 Å². The molecular weight excluding hydrogens is 164 g/mol. The topological polar surface area (TPSA) is 45.1 Å². The largest absolute Gasteiger partial charge is 0.374 e. The molecule has 3 heteroatoms. The third-order valence-corrected chi connectivity index (χ3v) is 2.20. The van der Waals surface area contributed by atoms with Gasteiger partial charge >= 0.3 is 0 Å². The smallest absolute Gasteiger partial charge is 0.0700 e. The summed E-state index contributed by atoms with van der Waals surface area (Å²) in [5.41, 5.74) is 0.678. The van der Waals surface area contributed by atoms with Crippen molar-refractivity contribution in [1.82, 2.24) is 5.32 Å². The van der Waals surface area contributed by atoms with Gasteiger partial charge in [0, 0.05) is 18.2 Å². The Kier molecular flexibility index (Phi) is 5.91. The molecule has 0 aromatic carbocycles. The van der Waals surface area contributed by atoms with Crippen molar-refractivity contribution in [3.63, 3.8) is 0 Å². The van der Waals surface area contributed by atoms with Crippen molar-refractivity contribution in [2.24, 2.45) is 0 Å². The molecule has 0 heterocycles. The van der Waals surface area contributed by atoms with Gasteiger partial charge in [0.15, 0.2) is 0 Å². The van der Waals surface area contributed by atoms with E-state index in [-0.39, 0.29) is 12.2 Å². The van der Waals surface area contributed by atoms with Crippen LogP contribution in [0.1, 0.15) is 34.1 Å². The van der Waals surface area contributed by atoms with Gasteiger partial charge in [-0.3, -0.25) is 0 Å². The number of ether oxygens (including phenoxy) is 1. The van der Waals surface area contributed by atoms with Crippen molar-refractivity contribution in [3.05, 3.63) is 0 Å². The summed E-state index contributed by atoms with van der Waals surface area (Å²) in [7, 11) is 1.93. The van der Waals surface area contributed by atoms with Crippen molar-refractivity contribution in [2.75, 3.05) is 7.05 Å². The van der Waals surface area contributed by atoms with E-state index in [1.54, 1.807) is 0 Å². The standard InChI is InChI=1S/C10H22N2O/c1-7(11)6-8(2)13-10(4)9(3)12-5/h8-12H,6H2,1-5H3. The number of likely N-dealkylation sites (N-methyl/N-ethyl adjacent to an activating group) is 1. The second-order valence-corrected chi connectivity index (χ2v) is 3.71. The summed E-state index contributed by atoms with van der Waals surface area (Å²) < 4.78 is 5.71. The van der Waals surface area contributed by atoms with E-state index < -0.39 is 0 Å². The van der Waals surface area contributed by atoms with E-state index in [2.05, 4.69) is 19.2 Å². The van der Waals surface area contributed by atoms with Crippen LogP contribution in [0.4, 0.5) is 0 Å². The molecule has 0 bridgehead atoms. The second-order valence-electron chi connectivity index (χ2n) is 3.71. The first-order chi connectivity index (χ1) is 5.97. The van der Waals surface area contributed by atoms with E-state index in [0.29, 0.717) is 11.8 Å². The summed E-state index contributed by atoms with van der Waals surface area (Å²) in [6.07, 6.45) is 1.06. The predicted octanol–water partition coefficient (Wildman–Crippen LogP) is 1.82. The van der Waals surface area contributed by atoms with Crippen molar-refractivity contribution < 1.29 is 4.74 Å². The summed E-state index contributed by atoms with van der Waals surface area (Å²) in [5.74, 6) is 0. The average Bonchev–Trinajstić information content (AvgIpc) is 2.01. The minimum absolute atomic E-state index is 0.142. The van der Waals surface area contributed by atoms with Crippen LogP contribution in [0.3, 0.4) is 0 Å². The molecule has 0 saturated carbocycles. The summed E-state index contributed by atoms with van der Waals surface area (Å²) >= 11 is 0. The second kappa shape index (κ2) is 6.11. The predicted molar refractivity (Wildman–Crippen MR) is 56.5 cm³/mol. The Labute approximate surface area is 81.4 Å². The Morgan fingerprint density at radius 2 is 1.92 bits per heavy atom. The lowest BCUT2D eigenvalue weighted by Crippen LogP contribution is -2.36. The molecule has 0 aromatic heterocycles. The van der Waals surface area contributed by atoms with Gasteiger partial charge in [-0.05, 0) is 34.7 Å². The molecule has 0 rings (SSSR count). The molecule has 78 valence electrons. The molecule has 0 radical (unpaired) electrons. The lowest BCUT2D eigenvalue weighted by Gasteiger charge is -2.23. The van der Waals surface area contributed by atoms with Gasteiger partial charge in [-0.25, -0.2) is 0 Å². The maximum Gasteiger partial charge on any atom is 0.0700 e. The first-order valence-electron chi connectivity index (χ1n) is 4.84. The fourth-order valence-corrected chi connectivity index (χ4v) is 1.20. The molecule has 3 nitrogen and oxygen atoms in total. The first-order valence-corrected chi connectivity index (χ1v) is 4.84. The van der Waals surface area contributed by atoms with Crippen LogP contribution < -0.4 is 5.32 Å². The lowest BCUT2D eigenvalue weighted by molar-refractivity contribution is -0.00364. The maximum absolute atomic E-state index is 7.33. The fourth-order valence-electron chi connectivity index (χ4n) is 1.20. The van der Waals surface area contributed by atoms with Crippen LogP contribution in [0, 0.1) is 5.41 Å². The van der Waals surface area contributed by atoms with Gasteiger partial charge in [0.2, 0.25) is 0 Å². The molecule has 0 spiro atoms. The summed E-state index contributed by atoms with van der Waals surface area (Å²) in [5, 5.41) is 10.5. The summed E-state index contributed by atoms with van der Waals surface area (Å²) in [6, 6.07) is 0.355. The zero-order chi connectivity index (χ0) is 10.4. The van der Waals surface area contributed by atoms with Crippen molar-refractivity contribution in [3.8, 4) is 0 Å². The quantitative estimate of drug-likeness (QED) is 0.621. The molecule has 0 fully saturated rings. The Hall–Kier alpha value is -0.410. The van der Waals surface area contributed by atoms with Gasteiger partial charge in [0.25, 0.3) is 0 Å². The molecule has 3 unspecified atom stereocenters. The van der Waals surface area contributed by atoms with Crippen LogP contribution in [0.25, 0.3) is 0 Å². The Morgan fingerprint density at radius 1 is 1.38 bits per heavy atom. The van der Waals surface area contributed by atoms with Crippen molar-refractivity contribution in [2.45, 2.75) is 52.4 Å². The molecule has 3 atom stereocenters. The minimum Gasteiger partial charge on any atom is -0.374 e. The van der Waals surface area contributed by atoms with Crippen LogP contribution in [0.2, 0.25) is 0 Å². The number of hydrogen-bond donors (Lipinski definition) is 2. The van der Waals surface area contributed by atoms with E-state index in [4.69, 9.17) is 10.1 Å². The monoisotopic (exact) mass is 186 g/mol. The fraction of sp³-hybridized carbons (Fsp3) is 0.900. The van der Waals surface area contributed by atoms with Gasteiger partial charge in [0.1, 0.15) is 0 Å². The van der Waals surface area contributed by atoms with Gasteiger partial charge < -0.3 is 15.5 Å². The van der Waals surface area contributed by atoms with Crippen molar-refractivity contribution in [1.29, 1.82) is 5.41 Å². The maximum atomic E-state index is 7.33. The molecule has 0 amide bonds. The number of hydrogen-bond acceptors (Lipinski definition) is 3. The summed E-state index contributed by atoms with van der Waals surface area (Å²) in [4.78, 5) is 0. The van der Waals surface area contributed by atoms with Crippen LogP contribution in [-0.2, 0) is 4.74 Å². The van der Waals surface area contributed by atoms with E-state index in [0.717, 1.165) is 6.42 Å². The zero-order valence-corrected chi connectivity index (χ0v) is 9.35. The molecular formula is C10H22N2O. The Morgan fingerprint density at radius 3 is 2.31 bits per heavy atom. The third kappa shape index (κ3) is 5.77. The first kappa shape index (κ1) is 12.6.